The summed E-state index contributed by atoms with van der Waals surface area (Å²) in [6, 6.07) is -0.0266. The largest absolute Gasteiger partial charge is 0.351 e. The van der Waals surface area contributed by atoms with E-state index in [0.29, 0.717) is 6.04 Å². The summed E-state index contributed by atoms with van der Waals surface area (Å²) in [7, 11) is 2.07. The standard InChI is InChI=1S/C10H21N3O/c1-3-4-9(11)10(14)12-8-5-6-13(2)7-8/h8-9H,3-7,11H2,1-2H3,(H,12,14). The van der Waals surface area contributed by atoms with Crippen LogP contribution in [0.15, 0.2) is 0 Å². The summed E-state index contributed by atoms with van der Waals surface area (Å²) in [4.78, 5) is 13.8. The van der Waals surface area contributed by atoms with Crippen molar-refractivity contribution in [3.8, 4) is 0 Å². The van der Waals surface area contributed by atoms with E-state index < -0.39 is 0 Å². The third kappa shape index (κ3) is 3.27. The Bertz CT molecular complexity index is 196. The molecule has 3 N–H and O–H groups in total. The number of nitrogens with one attached hydrogen (secondary N) is 1. The highest BCUT2D eigenvalue weighted by molar-refractivity contribution is 5.81. The Morgan fingerprint density at radius 1 is 1.71 bits per heavy atom. The van der Waals surface area contributed by atoms with Gasteiger partial charge in [0.05, 0.1) is 6.04 Å². The van der Waals surface area contributed by atoms with E-state index in [1.807, 2.05) is 6.92 Å². The highest BCUT2D eigenvalue weighted by Gasteiger charge is 2.22. The van der Waals surface area contributed by atoms with Crippen LogP contribution in [0.1, 0.15) is 26.2 Å². The van der Waals surface area contributed by atoms with Crippen molar-refractivity contribution in [1.82, 2.24) is 10.2 Å². The van der Waals surface area contributed by atoms with E-state index >= 15 is 0 Å². The molecule has 4 nitrogen and oxygen atoms in total. The van der Waals surface area contributed by atoms with Crippen molar-refractivity contribution < 1.29 is 4.79 Å². The van der Waals surface area contributed by atoms with Gasteiger partial charge in [-0.1, -0.05) is 13.3 Å². The van der Waals surface area contributed by atoms with Gasteiger partial charge < -0.3 is 16.0 Å². The number of hydrogen-bond donors (Lipinski definition) is 2. The van der Waals surface area contributed by atoms with Crippen LogP contribution in [0.5, 0.6) is 0 Å². The number of nitrogens with two attached hydrogens (primary N) is 1. The molecule has 0 saturated carbocycles. The lowest BCUT2D eigenvalue weighted by molar-refractivity contribution is -0.123. The normalized spacial score (nSPS) is 24.9. The fourth-order valence-corrected chi connectivity index (χ4v) is 1.80. The number of likely N-dealkylation sites (tertiary alicyclic amines) is 1. The van der Waals surface area contributed by atoms with Crippen molar-refractivity contribution in [3.63, 3.8) is 0 Å². The van der Waals surface area contributed by atoms with Gasteiger partial charge in [-0.3, -0.25) is 4.79 Å². The van der Waals surface area contributed by atoms with Crippen molar-refractivity contribution in [1.29, 1.82) is 0 Å². The third-order valence-electron chi connectivity index (χ3n) is 2.67. The SMILES string of the molecule is CCCC(N)C(=O)NC1CCN(C)C1. The molecule has 0 radical (unpaired) electrons. The number of carbonyl (C=O) groups is 1. The first-order chi connectivity index (χ1) is 6.63. The molecule has 1 aliphatic rings. The fraction of sp³-hybridized carbons (Fsp3) is 0.900. The Morgan fingerprint density at radius 2 is 2.43 bits per heavy atom. The molecular formula is C10H21N3O. The van der Waals surface area contributed by atoms with Gasteiger partial charge in [0.2, 0.25) is 5.91 Å². The second kappa shape index (κ2) is 5.32. The first kappa shape index (κ1) is 11.5. The average Bonchev–Trinajstić information content (AvgIpc) is 2.51. The molecule has 1 heterocycles. The summed E-state index contributed by atoms with van der Waals surface area (Å²) >= 11 is 0. The molecule has 82 valence electrons. The van der Waals surface area contributed by atoms with Gasteiger partial charge >= 0.3 is 0 Å². The summed E-state index contributed by atoms with van der Waals surface area (Å²) < 4.78 is 0. The first-order valence-electron chi connectivity index (χ1n) is 5.38. The van der Waals surface area contributed by atoms with Crippen molar-refractivity contribution >= 4 is 5.91 Å². The van der Waals surface area contributed by atoms with E-state index in [2.05, 4.69) is 17.3 Å². The van der Waals surface area contributed by atoms with Gasteiger partial charge in [-0.2, -0.15) is 0 Å². The van der Waals surface area contributed by atoms with Gasteiger partial charge in [0.15, 0.2) is 0 Å². The molecule has 0 bridgehead atoms. The Balaban J connectivity index is 2.26. The van der Waals surface area contributed by atoms with E-state index in [0.717, 1.165) is 32.4 Å². The van der Waals surface area contributed by atoms with Gasteiger partial charge in [0, 0.05) is 12.6 Å². The van der Waals surface area contributed by atoms with Crippen molar-refractivity contribution in [3.05, 3.63) is 0 Å². The lowest BCUT2D eigenvalue weighted by Gasteiger charge is -2.16. The molecule has 2 atom stereocenters. The van der Waals surface area contributed by atoms with Crippen molar-refractivity contribution in [2.45, 2.75) is 38.3 Å². The van der Waals surface area contributed by atoms with Crippen LogP contribution >= 0.6 is 0 Å². The second-order valence-corrected chi connectivity index (χ2v) is 4.15. The molecule has 0 aromatic rings. The lowest BCUT2D eigenvalue weighted by atomic mass is 10.1. The summed E-state index contributed by atoms with van der Waals surface area (Å²) in [5.74, 6) is 0.00662. The zero-order chi connectivity index (χ0) is 10.6. The number of nitrogens with zero attached hydrogens (tertiary/aromatic N) is 1. The summed E-state index contributed by atoms with van der Waals surface area (Å²) in [6.07, 6.45) is 2.77. The summed E-state index contributed by atoms with van der Waals surface area (Å²) in [5, 5.41) is 2.99. The molecule has 0 aromatic heterocycles. The van der Waals surface area contributed by atoms with Crippen molar-refractivity contribution in [2.75, 3.05) is 20.1 Å². The van der Waals surface area contributed by atoms with Crippen LogP contribution in [-0.4, -0.2) is 43.0 Å². The smallest absolute Gasteiger partial charge is 0.237 e. The number of likely N-dealkylation sites (N-methyl/N-ethyl adjacent to an activating group) is 1. The van der Waals surface area contributed by atoms with Crippen molar-refractivity contribution in [2.24, 2.45) is 5.73 Å². The molecule has 1 rings (SSSR count). The molecule has 1 aliphatic heterocycles. The molecule has 0 spiro atoms. The predicted molar refractivity (Wildman–Crippen MR) is 56.9 cm³/mol. The minimum atomic E-state index is -0.328. The minimum Gasteiger partial charge on any atom is -0.351 e. The molecule has 0 aromatic carbocycles. The topological polar surface area (TPSA) is 58.4 Å². The summed E-state index contributed by atoms with van der Waals surface area (Å²) in [6.45, 7) is 4.05. The van der Waals surface area contributed by atoms with Crippen LogP contribution in [0.25, 0.3) is 0 Å². The molecule has 2 unspecified atom stereocenters. The van der Waals surface area contributed by atoms with Crippen LogP contribution < -0.4 is 11.1 Å². The predicted octanol–water partition coefficient (Wildman–Crippen LogP) is -0.0659. The molecular weight excluding hydrogens is 178 g/mol. The zero-order valence-corrected chi connectivity index (χ0v) is 9.12. The first-order valence-corrected chi connectivity index (χ1v) is 5.38. The maximum absolute atomic E-state index is 11.5. The molecule has 4 heteroatoms. The quantitative estimate of drug-likeness (QED) is 0.666. The monoisotopic (exact) mass is 199 g/mol. The number of rotatable bonds is 4. The lowest BCUT2D eigenvalue weighted by Crippen LogP contribution is -2.46. The minimum absolute atomic E-state index is 0.00662. The molecule has 0 aliphatic carbocycles. The molecule has 1 fully saturated rings. The second-order valence-electron chi connectivity index (χ2n) is 4.15. The third-order valence-corrected chi connectivity index (χ3v) is 2.67. The van der Waals surface area contributed by atoms with Crippen LogP contribution in [0, 0.1) is 0 Å². The molecule has 14 heavy (non-hydrogen) atoms. The highest BCUT2D eigenvalue weighted by Crippen LogP contribution is 2.06. The maximum Gasteiger partial charge on any atom is 0.237 e. The average molecular weight is 199 g/mol. The van der Waals surface area contributed by atoms with Crippen LogP contribution in [0.4, 0.5) is 0 Å². The van der Waals surface area contributed by atoms with Gasteiger partial charge in [-0.25, -0.2) is 0 Å². The number of hydrogen-bond acceptors (Lipinski definition) is 3. The fourth-order valence-electron chi connectivity index (χ4n) is 1.80. The molecule has 1 amide bonds. The van der Waals surface area contributed by atoms with E-state index in [4.69, 9.17) is 5.73 Å². The van der Waals surface area contributed by atoms with Gasteiger partial charge in [-0.05, 0) is 26.4 Å². The van der Waals surface area contributed by atoms with Gasteiger partial charge in [0.25, 0.3) is 0 Å². The Hall–Kier alpha value is -0.610. The van der Waals surface area contributed by atoms with E-state index in [9.17, 15) is 4.79 Å². The Morgan fingerprint density at radius 3 is 2.93 bits per heavy atom. The van der Waals surface area contributed by atoms with Crippen LogP contribution in [0.3, 0.4) is 0 Å². The van der Waals surface area contributed by atoms with E-state index in [-0.39, 0.29) is 11.9 Å². The van der Waals surface area contributed by atoms with Crippen LogP contribution in [0.2, 0.25) is 0 Å². The Labute approximate surface area is 85.8 Å². The highest BCUT2D eigenvalue weighted by atomic mass is 16.2. The Kier molecular flexibility index (Phi) is 4.35. The summed E-state index contributed by atoms with van der Waals surface area (Å²) in [5.41, 5.74) is 5.71. The van der Waals surface area contributed by atoms with Crippen LogP contribution in [-0.2, 0) is 4.79 Å². The zero-order valence-electron chi connectivity index (χ0n) is 9.12. The van der Waals surface area contributed by atoms with Gasteiger partial charge in [0.1, 0.15) is 0 Å². The van der Waals surface area contributed by atoms with E-state index in [1.54, 1.807) is 0 Å². The molecule has 1 saturated heterocycles. The maximum atomic E-state index is 11.5. The van der Waals surface area contributed by atoms with E-state index in [1.165, 1.54) is 0 Å². The van der Waals surface area contributed by atoms with Gasteiger partial charge in [-0.15, -0.1) is 0 Å². The number of amides is 1. The number of carbonyl (C=O) groups excluding carboxylic acids is 1.